The zero-order chi connectivity index (χ0) is 15.4. The molecular formula is C14H13N5OS2. The van der Waals surface area contributed by atoms with Crippen molar-refractivity contribution in [2.45, 2.75) is 6.54 Å². The molecule has 0 spiro atoms. The zero-order valence-electron chi connectivity index (χ0n) is 11.8. The summed E-state index contributed by atoms with van der Waals surface area (Å²) in [5, 5.41) is 13.9. The second-order valence-corrected chi connectivity index (χ2v) is 6.50. The fourth-order valence-electron chi connectivity index (χ4n) is 1.76. The van der Waals surface area contributed by atoms with Gasteiger partial charge in [-0.15, -0.1) is 21.5 Å². The second-order valence-electron chi connectivity index (χ2n) is 4.49. The molecule has 0 aliphatic carbocycles. The number of carbonyl (C=O) groups is 1. The summed E-state index contributed by atoms with van der Waals surface area (Å²) in [5.74, 6) is 0. The van der Waals surface area contributed by atoms with E-state index in [9.17, 15) is 4.79 Å². The smallest absolute Gasteiger partial charge is 0.322 e. The Labute approximate surface area is 135 Å². The van der Waals surface area contributed by atoms with Gasteiger partial charge in [0.05, 0.1) is 6.54 Å². The number of urea groups is 1. The first kappa shape index (κ1) is 14.6. The second kappa shape index (κ2) is 6.63. The van der Waals surface area contributed by atoms with Gasteiger partial charge in [0.2, 0.25) is 5.13 Å². The Morgan fingerprint density at radius 3 is 2.91 bits per heavy atom. The Morgan fingerprint density at radius 1 is 1.27 bits per heavy atom. The number of nitrogens with one attached hydrogen (secondary N) is 1. The Morgan fingerprint density at radius 2 is 2.18 bits per heavy atom. The number of amides is 2. The molecule has 0 aromatic carbocycles. The normalized spacial score (nSPS) is 10.4. The molecular weight excluding hydrogens is 318 g/mol. The van der Waals surface area contributed by atoms with Gasteiger partial charge in [0, 0.05) is 18.1 Å². The molecule has 6 nitrogen and oxygen atoms in total. The molecule has 0 saturated heterocycles. The van der Waals surface area contributed by atoms with Crippen LogP contribution in [0.1, 0.15) is 4.88 Å². The van der Waals surface area contributed by atoms with Crippen LogP contribution in [0.5, 0.6) is 0 Å². The molecule has 0 fully saturated rings. The van der Waals surface area contributed by atoms with Gasteiger partial charge >= 0.3 is 6.03 Å². The molecule has 8 heteroatoms. The van der Waals surface area contributed by atoms with E-state index in [4.69, 9.17) is 0 Å². The molecule has 0 saturated carbocycles. The standard InChI is InChI=1S/C14H13N5OS2/c1-19(9-10-5-4-8-21-10)14(20)16-13-18-17-12(22-13)11-6-2-3-7-15-11/h2-8H,9H2,1H3,(H,16,18,20). The van der Waals surface area contributed by atoms with Crippen molar-refractivity contribution >= 4 is 33.8 Å². The third-order valence-electron chi connectivity index (χ3n) is 2.84. The quantitative estimate of drug-likeness (QED) is 0.796. The third kappa shape index (κ3) is 3.46. The number of pyridine rings is 1. The van der Waals surface area contributed by atoms with Crippen molar-refractivity contribution in [3.8, 4) is 10.7 Å². The molecule has 0 radical (unpaired) electrons. The first-order valence-corrected chi connectivity index (χ1v) is 8.21. The predicted octanol–water partition coefficient (Wildman–Crippen LogP) is 3.33. The van der Waals surface area contributed by atoms with Crippen LogP contribution in [0.3, 0.4) is 0 Å². The van der Waals surface area contributed by atoms with Crippen LogP contribution < -0.4 is 5.32 Å². The van der Waals surface area contributed by atoms with E-state index in [-0.39, 0.29) is 6.03 Å². The highest BCUT2D eigenvalue weighted by atomic mass is 32.1. The van der Waals surface area contributed by atoms with Gasteiger partial charge in [-0.25, -0.2) is 4.79 Å². The lowest BCUT2D eigenvalue weighted by Gasteiger charge is -2.15. The van der Waals surface area contributed by atoms with Crippen LogP contribution in [0, 0.1) is 0 Å². The maximum Gasteiger partial charge on any atom is 0.323 e. The molecule has 1 N–H and O–H groups in total. The summed E-state index contributed by atoms with van der Waals surface area (Å²) in [6.07, 6.45) is 1.70. The van der Waals surface area contributed by atoms with Crippen LogP contribution in [0.4, 0.5) is 9.93 Å². The average molecular weight is 331 g/mol. The molecule has 22 heavy (non-hydrogen) atoms. The van der Waals surface area contributed by atoms with E-state index in [0.717, 1.165) is 10.6 Å². The van der Waals surface area contributed by atoms with Gasteiger partial charge < -0.3 is 4.90 Å². The van der Waals surface area contributed by atoms with Gasteiger partial charge in [-0.05, 0) is 23.6 Å². The minimum atomic E-state index is -0.211. The van der Waals surface area contributed by atoms with Gasteiger partial charge in [-0.1, -0.05) is 23.5 Å². The van der Waals surface area contributed by atoms with E-state index in [2.05, 4.69) is 20.5 Å². The van der Waals surface area contributed by atoms with Crippen molar-refractivity contribution in [1.82, 2.24) is 20.1 Å². The van der Waals surface area contributed by atoms with Crippen LogP contribution >= 0.6 is 22.7 Å². The van der Waals surface area contributed by atoms with Crippen molar-refractivity contribution < 1.29 is 4.79 Å². The molecule has 0 aliphatic heterocycles. The molecule has 0 unspecified atom stereocenters. The molecule has 0 aliphatic rings. The highest BCUT2D eigenvalue weighted by Crippen LogP contribution is 2.24. The number of hydrogen-bond acceptors (Lipinski definition) is 6. The van der Waals surface area contributed by atoms with E-state index in [0.29, 0.717) is 16.7 Å². The molecule has 0 bridgehead atoms. The summed E-state index contributed by atoms with van der Waals surface area (Å²) in [7, 11) is 1.75. The largest absolute Gasteiger partial charge is 0.323 e. The minimum Gasteiger partial charge on any atom is -0.322 e. The average Bonchev–Trinajstić information content (AvgIpc) is 3.20. The summed E-state index contributed by atoms with van der Waals surface area (Å²) >= 11 is 2.92. The first-order chi connectivity index (χ1) is 10.7. The van der Waals surface area contributed by atoms with Crippen LogP contribution in [0.2, 0.25) is 0 Å². The summed E-state index contributed by atoms with van der Waals surface area (Å²) in [6.45, 7) is 0.565. The molecule has 112 valence electrons. The van der Waals surface area contributed by atoms with E-state index >= 15 is 0 Å². The predicted molar refractivity (Wildman–Crippen MR) is 87.9 cm³/mol. The lowest BCUT2D eigenvalue weighted by Crippen LogP contribution is -2.30. The summed E-state index contributed by atoms with van der Waals surface area (Å²) in [4.78, 5) is 19.1. The topological polar surface area (TPSA) is 71.0 Å². The molecule has 2 amide bonds. The summed E-state index contributed by atoms with van der Waals surface area (Å²) in [5.41, 5.74) is 0.743. The maximum absolute atomic E-state index is 12.1. The van der Waals surface area contributed by atoms with Crippen LogP contribution in [0.15, 0.2) is 41.9 Å². The number of rotatable bonds is 4. The number of aromatic nitrogens is 3. The van der Waals surface area contributed by atoms with Crippen molar-refractivity contribution in [2.24, 2.45) is 0 Å². The Bertz CT molecular complexity index is 742. The zero-order valence-corrected chi connectivity index (χ0v) is 13.4. The molecule has 3 aromatic heterocycles. The van der Waals surface area contributed by atoms with Crippen LogP contribution in [-0.2, 0) is 6.54 Å². The van der Waals surface area contributed by atoms with Gasteiger partial charge in [0.25, 0.3) is 0 Å². The Hall–Kier alpha value is -2.32. The lowest BCUT2D eigenvalue weighted by atomic mass is 10.4. The minimum absolute atomic E-state index is 0.211. The monoisotopic (exact) mass is 331 g/mol. The molecule has 3 rings (SSSR count). The highest BCUT2D eigenvalue weighted by molar-refractivity contribution is 7.18. The van der Waals surface area contributed by atoms with Gasteiger partial charge in [0.15, 0.2) is 5.01 Å². The van der Waals surface area contributed by atoms with E-state index in [1.54, 1.807) is 29.5 Å². The Kier molecular flexibility index (Phi) is 4.40. The first-order valence-electron chi connectivity index (χ1n) is 6.52. The van der Waals surface area contributed by atoms with E-state index in [1.807, 2.05) is 35.7 Å². The third-order valence-corrected chi connectivity index (χ3v) is 4.57. The number of hydrogen-bond donors (Lipinski definition) is 1. The van der Waals surface area contributed by atoms with E-state index < -0.39 is 0 Å². The van der Waals surface area contributed by atoms with Crippen LogP contribution in [0.25, 0.3) is 10.7 Å². The number of anilines is 1. The van der Waals surface area contributed by atoms with Crippen molar-refractivity contribution in [2.75, 3.05) is 12.4 Å². The molecule has 3 aromatic rings. The maximum atomic E-state index is 12.1. The molecule has 3 heterocycles. The molecule has 0 atom stereocenters. The van der Waals surface area contributed by atoms with Crippen LogP contribution in [-0.4, -0.2) is 33.2 Å². The summed E-state index contributed by atoms with van der Waals surface area (Å²) in [6, 6.07) is 9.34. The fraction of sp³-hybridized carbons (Fsp3) is 0.143. The van der Waals surface area contributed by atoms with Crippen molar-refractivity contribution in [1.29, 1.82) is 0 Å². The van der Waals surface area contributed by atoms with Crippen molar-refractivity contribution in [3.63, 3.8) is 0 Å². The number of nitrogens with zero attached hydrogens (tertiary/aromatic N) is 4. The number of carbonyl (C=O) groups excluding carboxylic acids is 1. The fourth-order valence-corrected chi connectivity index (χ4v) is 3.23. The van der Waals surface area contributed by atoms with Crippen molar-refractivity contribution in [3.05, 3.63) is 46.8 Å². The lowest BCUT2D eigenvalue weighted by molar-refractivity contribution is 0.221. The van der Waals surface area contributed by atoms with E-state index in [1.165, 1.54) is 11.3 Å². The van der Waals surface area contributed by atoms with Gasteiger partial charge in [-0.2, -0.15) is 0 Å². The highest BCUT2D eigenvalue weighted by Gasteiger charge is 2.13. The number of thiophene rings is 1. The van der Waals surface area contributed by atoms with Gasteiger partial charge in [-0.3, -0.25) is 10.3 Å². The summed E-state index contributed by atoms with van der Waals surface area (Å²) < 4.78 is 0. The van der Waals surface area contributed by atoms with Gasteiger partial charge in [0.1, 0.15) is 5.69 Å². The SMILES string of the molecule is CN(Cc1cccs1)C(=O)Nc1nnc(-c2ccccn2)s1. The Balaban J connectivity index is 1.63.